The molecule has 0 amide bonds. The fraction of sp³-hybridized carbons (Fsp3) is 0.100. The highest BCUT2D eigenvalue weighted by atomic mass is 16.4. The number of aryl methyl sites for hydroxylation is 1. The minimum atomic E-state index is 0.633. The lowest BCUT2D eigenvalue weighted by atomic mass is 10.1. The van der Waals surface area contributed by atoms with Gasteiger partial charge in [0, 0.05) is 18.8 Å². The highest BCUT2D eigenvalue weighted by Gasteiger charge is 2.01. The Kier molecular flexibility index (Phi) is 2.27. The number of benzene rings is 1. The summed E-state index contributed by atoms with van der Waals surface area (Å²) in [6, 6.07) is 9.43. The molecule has 2 rings (SSSR count). The summed E-state index contributed by atoms with van der Waals surface area (Å²) in [6.07, 6.45) is 1.89. The zero-order valence-electron chi connectivity index (χ0n) is 7.84. The van der Waals surface area contributed by atoms with E-state index in [4.69, 9.17) is 8.05 Å². The average Bonchev–Trinajstić information content (AvgIpc) is 2.65. The molecule has 0 aliphatic rings. The number of nitrogens with zero attached hydrogens (tertiary/aromatic N) is 2. The molecule has 0 saturated carbocycles. The standard InChI is InChI=1S/C10H9BN2O/c1-13-6-5-10(12-13)8-3-2-4-9(7-8)14-11/h2-7H,1H3. The lowest BCUT2D eigenvalue weighted by molar-refractivity contribution is 0.616. The van der Waals surface area contributed by atoms with Crippen LogP contribution in [0.15, 0.2) is 36.5 Å². The number of rotatable bonds is 2. The van der Waals surface area contributed by atoms with E-state index < -0.39 is 0 Å². The van der Waals surface area contributed by atoms with Crippen LogP contribution in [0.4, 0.5) is 0 Å². The summed E-state index contributed by atoms with van der Waals surface area (Å²) < 4.78 is 6.40. The Morgan fingerprint density at radius 2 is 2.21 bits per heavy atom. The van der Waals surface area contributed by atoms with Gasteiger partial charge in [-0.15, -0.1) is 0 Å². The van der Waals surface area contributed by atoms with Crippen molar-refractivity contribution < 1.29 is 4.65 Å². The lowest BCUT2D eigenvalue weighted by Crippen LogP contribution is -1.89. The Morgan fingerprint density at radius 1 is 1.36 bits per heavy atom. The van der Waals surface area contributed by atoms with Gasteiger partial charge < -0.3 is 4.65 Å². The summed E-state index contributed by atoms with van der Waals surface area (Å²) in [4.78, 5) is 0. The zero-order valence-corrected chi connectivity index (χ0v) is 7.84. The quantitative estimate of drug-likeness (QED) is 0.662. The molecule has 0 unspecified atom stereocenters. The van der Waals surface area contributed by atoms with Crippen LogP contribution >= 0.6 is 0 Å². The summed E-state index contributed by atoms with van der Waals surface area (Å²) in [5.74, 6) is 0.633. The largest absolute Gasteiger partial charge is 0.568 e. The molecule has 0 fully saturated rings. The minimum absolute atomic E-state index is 0.633. The first-order chi connectivity index (χ1) is 6.79. The van der Waals surface area contributed by atoms with Crippen molar-refractivity contribution in [3.63, 3.8) is 0 Å². The number of hydrogen-bond acceptors (Lipinski definition) is 2. The van der Waals surface area contributed by atoms with Crippen LogP contribution in [0.2, 0.25) is 0 Å². The topological polar surface area (TPSA) is 27.1 Å². The van der Waals surface area contributed by atoms with Crippen LogP contribution in [-0.4, -0.2) is 17.8 Å². The third-order valence-corrected chi connectivity index (χ3v) is 1.98. The van der Waals surface area contributed by atoms with Gasteiger partial charge in [-0.1, -0.05) is 12.1 Å². The van der Waals surface area contributed by atoms with Crippen LogP contribution in [0, 0.1) is 0 Å². The molecule has 0 atom stereocenters. The Hall–Kier alpha value is -1.71. The Morgan fingerprint density at radius 3 is 2.86 bits per heavy atom. The molecule has 2 radical (unpaired) electrons. The van der Waals surface area contributed by atoms with Crippen molar-refractivity contribution in [2.24, 2.45) is 7.05 Å². The molecule has 1 aromatic carbocycles. The van der Waals surface area contributed by atoms with E-state index in [1.165, 1.54) is 0 Å². The van der Waals surface area contributed by atoms with Crippen molar-refractivity contribution in [3.05, 3.63) is 36.5 Å². The Labute approximate surface area is 83.8 Å². The molecular weight excluding hydrogens is 175 g/mol. The molecule has 0 N–H and O–H groups in total. The van der Waals surface area contributed by atoms with E-state index in [1.54, 1.807) is 10.7 Å². The van der Waals surface area contributed by atoms with E-state index in [0.29, 0.717) is 5.75 Å². The lowest BCUT2D eigenvalue weighted by Gasteiger charge is -2.01. The van der Waals surface area contributed by atoms with Crippen LogP contribution in [0.25, 0.3) is 11.3 Å². The molecule has 68 valence electrons. The van der Waals surface area contributed by atoms with E-state index in [9.17, 15) is 0 Å². The van der Waals surface area contributed by atoms with Crippen molar-refractivity contribution in [2.75, 3.05) is 0 Å². The predicted molar refractivity (Wildman–Crippen MR) is 55.0 cm³/mol. The van der Waals surface area contributed by atoms with Gasteiger partial charge in [0.05, 0.1) is 11.4 Å². The predicted octanol–water partition coefficient (Wildman–Crippen LogP) is 1.55. The van der Waals surface area contributed by atoms with Gasteiger partial charge in [0.25, 0.3) is 0 Å². The van der Waals surface area contributed by atoms with E-state index in [-0.39, 0.29) is 0 Å². The van der Waals surface area contributed by atoms with Crippen molar-refractivity contribution in [2.45, 2.75) is 0 Å². The van der Waals surface area contributed by atoms with Crippen molar-refractivity contribution in [1.29, 1.82) is 0 Å². The van der Waals surface area contributed by atoms with Crippen molar-refractivity contribution in [1.82, 2.24) is 9.78 Å². The second-order valence-electron chi connectivity index (χ2n) is 3.02. The molecule has 0 spiro atoms. The van der Waals surface area contributed by atoms with Crippen LogP contribution in [0.5, 0.6) is 5.75 Å². The summed E-state index contributed by atoms with van der Waals surface area (Å²) in [7, 11) is 6.96. The summed E-state index contributed by atoms with van der Waals surface area (Å²) in [6.45, 7) is 0. The van der Waals surface area contributed by atoms with Gasteiger partial charge in [0.15, 0.2) is 0 Å². The second kappa shape index (κ2) is 3.58. The Bertz CT molecular complexity index is 439. The van der Waals surface area contributed by atoms with Crippen LogP contribution < -0.4 is 4.65 Å². The van der Waals surface area contributed by atoms with E-state index in [1.807, 2.05) is 37.5 Å². The summed E-state index contributed by atoms with van der Waals surface area (Å²) >= 11 is 0. The maximum absolute atomic E-state index is 5.08. The molecule has 1 heterocycles. The van der Waals surface area contributed by atoms with Crippen LogP contribution in [-0.2, 0) is 7.05 Å². The first-order valence-electron chi connectivity index (χ1n) is 4.26. The van der Waals surface area contributed by atoms with Gasteiger partial charge >= 0.3 is 8.05 Å². The SMILES string of the molecule is [B]Oc1cccc(-c2ccn(C)n2)c1. The monoisotopic (exact) mass is 184 g/mol. The molecule has 14 heavy (non-hydrogen) atoms. The van der Waals surface area contributed by atoms with E-state index >= 15 is 0 Å². The third kappa shape index (κ3) is 1.64. The van der Waals surface area contributed by atoms with Crippen molar-refractivity contribution >= 4 is 8.05 Å². The summed E-state index contributed by atoms with van der Waals surface area (Å²) in [5, 5.41) is 4.28. The fourth-order valence-corrected chi connectivity index (χ4v) is 1.30. The van der Waals surface area contributed by atoms with Gasteiger partial charge in [-0.2, -0.15) is 5.10 Å². The molecule has 0 aliphatic heterocycles. The highest BCUT2D eigenvalue weighted by Crippen LogP contribution is 2.21. The van der Waals surface area contributed by atoms with E-state index in [0.717, 1.165) is 11.3 Å². The number of hydrogen-bond donors (Lipinski definition) is 0. The van der Waals surface area contributed by atoms with Crippen LogP contribution in [0.3, 0.4) is 0 Å². The first-order valence-corrected chi connectivity index (χ1v) is 4.26. The van der Waals surface area contributed by atoms with E-state index in [2.05, 4.69) is 9.75 Å². The smallest absolute Gasteiger partial charge is 0.374 e. The first kappa shape index (κ1) is 8.87. The van der Waals surface area contributed by atoms with Crippen LogP contribution in [0.1, 0.15) is 0 Å². The minimum Gasteiger partial charge on any atom is -0.568 e. The third-order valence-electron chi connectivity index (χ3n) is 1.98. The molecule has 4 heteroatoms. The molecule has 1 aromatic heterocycles. The van der Waals surface area contributed by atoms with Gasteiger partial charge in [-0.3, -0.25) is 4.68 Å². The molecule has 0 bridgehead atoms. The average molecular weight is 184 g/mol. The van der Waals surface area contributed by atoms with Gasteiger partial charge in [-0.05, 0) is 18.2 Å². The summed E-state index contributed by atoms with van der Waals surface area (Å²) in [5.41, 5.74) is 1.90. The molecule has 3 nitrogen and oxygen atoms in total. The Balaban J connectivity index is 2.41. The maximum atomic E-state index is 5.08. The van der Waals surface area contributed by atoms with Gasteiger partial charge in [0.1, 0.15) is 0 Å². The molecule has 0 aliphatic carbocycles. The highest BCUT2D eigenvalue weighted by molar-refractivity contribution is 6.00. The van der Waals surface area contributed by atoms with Crippen molar-refractivity contribution in [3.8, 4) is 17.0 Å². The molecule has 2 aromatic rings. The number of aromatic nitrogens is 2. The maximum Gasteiger partial charge on any atom is 0.374 e. The van der Waals surface area contributed by atoms with Gasteiger partial charge in [0.2, 0.25) is 0 Å². The normalized spacial score (nSPS) is 10.1. The second-order valence-corrected chi connectivity index (χ2v) is 3.02. The molecule has 0 saturated heterocycles. The zero-order chi connectivity index (χ0) is 9.97. The molecular formula is C10H9BN2O. The fourth-order valence-electron chi connectivity index (χ4n) is 1.30. The van der Waals surface area contributed by atoms with Gasteiger partial charge in [-0.25, -0.2) is 0 Å².